The minimum Gasteiger partial charge on any atom is -0.382 e. The van der Waals surface area contributed by atoms with Crippen molar-refractivity contribution in [2.75, 3.05) is 5.73 Å². The summed E-state index contributed by atoms with van der Waals surface area (Å²) in [6.45, 7) is 2.30. The average molecular weight is 249 g/mol. The number of anilines is 1. The number of thiazole rings is 1. The molecule has 1 amide bonds. The SMILES string of the molecule is Cc1nc(CNC(=O)c2cnc(N)cn2)cs1. The fraction of sp³-hybridized carbons (Fsp3) is 0.200. The molecule has 2 heterocycles. The highest BCUT2D eigenvalue weighted by atomic mass is 32.1. The Bertz CT molecular complexity index is 522. The monoisotopic (exact) mass is 249 g/mol. The van der Waals surface area contributed by atoms with E-state index in [0.29, 0.717) is 6.54 Å². The lowest BCUT2D eigenvalue weighted by molar-refractivity contribution is 0.0945. The van der Waals surface area contributed by atoms with Crippen molar-refractivity contribution in [2.45, 2.75) is 13.5 Å². The van der Waals surface area contributed by atoms with Crippen molar-refractivity contribution in [1.82, 2.24) is 20.3 Å². The van der Waals surface area contributed by atoms with E-state index in [2.05, 4.69) is 20.3 Å². The van der Waals surface area contributed by atoms with Crippen LogP contribution < -0.4 is 11.1 Å². The molecule has 3 N–H and O–H groups in total. The predicted octanol–water partition coefficient (Wildman–Crippen LogP) is 0.754. The molecule has 0 saturated heterocycles. The smallest absolute Gasteiger partial charge is 0.271 e. The van der Waals surface area contributed by atoms with Gasteiger partial charge in [-0.25, -0.2) is 15.0 Å². The third kappa shape index (κ3) is 2.97. The number of nitrogens with one attached hydrogen (secondary N) is 1. The highest BCUT2D eigenvalue weighted by Crippen LogP contribution is 2.07. The zero-order chi connectivity index (χ0) is 12.3. The summed E-state index contributed by atoms with van der Waals surface area (Å²) in [4.78, 5) is 23.6. The topological polar surface area (TPSA) is 93.8 Å². The van der Waals surface area contributed by atoms with E-state index >= 15 is 0 Å². The molecule has 2 aromatic rings. The van der Waals surface area contributed by atoms with Gasteiger partial charge in [0.25, 0.3) is 5.91 Å². The lowest BCUT2D eigenvalue weighted by Crippen LogP contribution is -2.24. The Balaban J connectivity index is 1.95. The molecule has 2 rings (SSSR count). The lowest BCUT2D eigenvalue weighted by Gasteiger charge is -2.02. The first-order chi connectivity index (χ1) is 8.15. The molecule has 0 aliphatic carbocycles. The van der Waals surface area contributed by atoms with E-state index in [1.54, 1.807) is 11.3 Å². The summed E-state index contributed by atoms with van der Waals surface area (Å²) in [5.74, 6) is -0.000158. The number of nitrogen functional groups attached to an aromatic ring is 1. The molecule has 0 aliphatic heterocycles. The maximum Gasteiger partial charge on any atom is 0.271 e. The summed E-state index contributed by atoms with van der Waals surface area (Å²) in [7, 11) is 0. The fourth-order valence-corrected chi connectivity index (χ4v) is 1.82. The van der Waals surface area contributed by atoms with Crippen LogP contribution in [0.4, 0.5) is 5.82 Å². The summed E-state index contributed by atoms with van der Waals surface area (Å²) in [6.07, 6.45) is 2.69. The van der Waals surface area contributed by atoms with Crippen LogP contribution in [0.5, 0.6) is 0 Å². The molecule has 0 bridgehead atoms. The predicted molar refractivity (Wildman–Crippen MR) is 64.5 cm³/mol. The minimum absolute atomic E-state index is 0.242. The number of nitrogens with zero attached hydrogens (tertiary/aromatic N) is 3. The van der Waals surface area contributed by atoms with Gasteiger partial charge >= 0.3 is 0 Å². The molecule has 0 spiro atoms. The van der Waals surface area contributed by atoms with Crippen LogP contribution in [0.25, 0.3) is 0 Å². The van der Waals surface area contributed by atoms with E-state index in [4.69, 9.17) is 5.73 Å². The lowest BCUT2D eigenvalue weighted by atomic mass is 10.4. The number of nitrogens with two attached hydrogens (primary N) is 1. The third-order valence-corrected chi connectivity index (χ3v) is 2.82. The molecule has 0 radical (unpaired) electrons. The molecule has 17 heavy (non-hydrogen) atoms. The second-order valence-electron chi connectivity index (χ2n) is 3.37. The highest BCUT2D eigenvalue weighted by molar-refractivity contribution is 7.09. The van der Waals surface area contributed by atoms with Crippen molar-refractivity contribution in [3.8, 4) is 0 Å². The van der Waals surface area contributed by atoms with E-state index < -0.39 is 0 Å². The van der Waals surface area contributed by atoms with Crippen molar-refractivity contribution in [2.24, 2.45) is 0 Å². The first kappa shape index (κ1) is 11.5. The Hall–Kier alpha value is -2.02. The fourth-order valence-electron chi connectivity index (χ4n) is 1.21. The van der Waals surface area contributed by atoms with Crippen LogP contribution in [0.1, 0.15) is 21.2 Å². The first-order valence-corrected chi connectivity index (χ1v) is 5.80. The molecule has 0 saturated carbocycles. The van der Waals surface area contributed by atoms with Crippen LogP contribution in [0.15, 0.2) is 17.8 Å². The standard InChI is InChI=1S/C10H11N5OS/c1-6-15-7(5-17-6)2-14-10(16)8-3-13-9(11)4-12-8/h3-5H,2H2,1H3,(H2,11,13)(H,14,16). The first-order valence-electron chi connectivity index (χ1n) is 4.92. The number of aryl methyl sites for hydroxylation is 1. The molecule has 0 atom stereocenters. The molecule has 7 heteroatoms. The Labute approximate surface area is 102 Å². The van der Waals surface area contributed by atoms with Gasteiger partial charge in [0.2, 0.25) is 0 Å². The maximum atomic E-state index is 11.7. The van der Waals surface area contributed by atoms with Gasteiger partial charge in [0.1, 0.15) is 11.5 Å². The second kappa shape index (κ2) is 4.88. The van der Waals surface area contributed by atoms with Gasteiger partial charge in [-0.1, -0.05) is 0 Å². The molecule has 0 unspecified atom stereocenters. The van der Waals surface area contributed by atoms with Crippen molar-refractivity contribution in [3.05, 3.63) is 34.2 Å². The largest absolute Gasteiger partial charge is 0.382 e. The summed E-state index contributed by atoms with van der Waals surface area (Å²) in [6, 6.07) is 0. The molecule has 2 aromatic heterocycles. The zero-order valence-electron chi connectivity index (χ0n) is 9.17. The second-order valence-corrected chi connectivity index (χ2v) is 4.43. The Kier molecular flexibility index (Phi) is 3.29. The summed E-state index contributed by atoms with van der Waals surface area (Å²) >= 11 is 1.55. The van der Waals surface area contributed by atoms with Gasteiger partial charge in [-0.15, -0.1) is 11.3 Å². The van der Waals surface area contributed by atoms with Crippen LogP contribution in [-0.2, 0) is 6.54 Å². The highest BCUT2D eigenvalue weighted by Gasteiger charge is 2.07. The van der Waals surface area contributed by atoms with Crippen molar-refractivity contribution in [3.63, 3.8) is 0 Å². The average Bonchev–Trinajstić information content (AvgIpc) is 2.73. The number of rotatable bonds is 3. The Morgan fingerprint density at radius 3 is 2.88 bits per heavy atom. The van der Waals surface area contributed by atoms with Gasteiger partial charge in [0.05, 0.1) is 29.6 Å². The van der Waals surface area contributed by atoms with Crippen LogP contribution in [0, 0.1) is 6.92 Å². The molecule has 0 fully saturated rings. The van der Waals surface area contributed by atoms with E-state index in [1.165, 1.54) is 12.4 Å². The van der Waals surface area contributed by atoms with Gasteiger partial charge in [-0.3, -0.25) is 4.79 Å². The van der Waals surface area contributed by atoms with Gasteiger partial charge in [0, 0.05) is 5.38 Å². The van der Waals surface area contributed by atoms with Crippen LogP contribution in [-0.4, -0.2) is 20.9 Å². The number of hydrogen-bond acceptors (Lipinski definition) is 6. The number of carbonyl (C=O) groups excluding carboxylic acids is 1. The molecule has 6 nitrogen and oxygen atoms in total. The number of amides is 1. The third-order valence-electron chi connectivity index (χ3n) is 2.00. The quantitative estimate of drug-likeness (QED) is 0.837. The van der Waals surface area contributed by atoms with E-state index in [9.17, 15) is 4.79 Å². The van der Waals surface area contributed by atoms with Crippen LogP contribution in [0.3, 0.4) is 0 Å². The summed E-state index contributed by atoms with van der Waals surface area (Å²) in [5.41, 5.74) is 6.46. The van der Waals surface area contributed by atoms with Gasteiger partial charge in [-0.2, -0.15) is 0 Å². The summed E-state index contributed by atoms with van der Waals surface area (Å²) in [5, 5.41) is 5.59. The van der Waals surface area contributed by atoms with Crippen LogP contribution in [0.2, 0.25) is 0 Å². The molecule has 0 aromatic carbocycles. The van der Waals surface area contributed by atoms with E-state index in [-0.39, 0.29) is 17.4 Å². The Morgan fingerprint density at radius 2 is 2.29 bits per heavy atom. The molecule has 88 valence electrons. The van der Waals surface area contributed by atoms with Crippen molar-refractivity contribution < 1.29 is 4.79 Å². The zero-order valence-corrected chi connectivity index (χ0v) is 9.99. The number of aromatic nitrogens is 3. The molecule has 0 aliphatic rings. The van der Waals surface area contributed by atoms with Gasteiger partial charge in [-0.05, 0) is 6.92 Å². The minimum atomic E-state index is -0.289. The normalized spacial score (nSPS) is 10.2. The molecular formula is C10H11N5OS. The number of hydrogen-bond donors (Lipinski definition) is 2. The van der Waals surface area contributed by atoms with Gasteiger partial charge < -0.3 is 11.1 Å². The van der Waals surface area contributed by atoms with E-state index in [1.807, 2.05) is 12.3 Å². The van der Waals surface area contributed by atoms with Crippen molar-refractivity contribution in [1.29, 1.82) is 0 Å². The molecular weight excluding hydrogens is 238 g/mol. The summed E-state index contributed by atoms with van der Waals surface area (Å²) < 4.78 is 0. The maximum absolute atomic E-state index is 11.7. The van der Waals surface area contributed by atoms with Crippen molar-refractivity contribution >= 4 is 23.1 Å². The Morgan fingerprint density at radius 1 is 1.47 bits per heavy atom. The van der Waals surface area contributed by atoms with Crippen LogP contribution >= 0.6 is 11.3 Å². The number of carbonyl (C=O) groups is 1. The van der Waals surface area contributed by atoms with E-state index in [0.717, 1.165) is 10.7 Å². The van der Waals surface area contributed by atoms with Gasteiger partial charge in [0.15, 0.2) is 0 Å².